The number of thioether (sulfide) groups is 1. The third-order valence-corrected chi connectivity index (χ3v) is 10.5. The first-order chi connectivity index (χ1) is 19.3. The minimum absolute atomic E-state index is 0.00525. The van der Waals surface area contributed by atoms with Gasteiger partial charge in [-0.1, -0.05) is 6.92 Å². The summed E-state index contributed by atoms with van der Waals surface area (Å²) >= 11 is 1.41. The number of hydrogen-bond acceptors (Lipinski definition) is 9. The highest BCUT2D eigenvalue weighted by Crippen LogP contribution is 2.51. The number of Topliss-reactive ketones (excluding diaryl/α,β-unsaturated/α-hetero) is 1. The van der Waals surface area contributed by atoms with Gasteiger partial charge in [-0.2, -0.15) is 0 Å². The first-order valence-electron chi connectivity index (χ1n) is 13.9. The van der Waals surface area contributed by atoms with E-state index in [0.29, 0.717) is 54.1 Å². The number of phenols is 2. The number of phenolic OH excluding ortho intramolecular Hbond substituents is 2. The van der Waals surface area contributed by atoms with Gasteiger partial charge in [-0.05, 0) is 31.5 Å². The summed E-state index contributed by atoms with van der Waals surface area (Å²) in [5.41, 5.74) is 0.319. The van der Waals surface area contributed by atoms with Gasteiger partial charge < -0.3 is 40.0 Å². The average molecular weight is 590 g/mol. The summed E-state index contributed by atoms with van der Waals surface area (Å²) in [5, 5.41) is 42.4. The number of fused-ring (bicyclic) bond motifs is 1. The quantitative estimate of drug-likeness (QED) is 0.122. The molecule has 0 aliphatic carbocycles. The van der Waals surface area contributed by atoms with Gasteiger partial charge in [-0.3, -0.25) is 14.4 Å². The summed E-state index contributed by atoms with van der Waals surface area (Å²) in [7, 11) is 1.97. The van der Waals surface area contributed by atoms with Crippen LogP contribution in [0, 0.1) is 11.8 Å². The molecule has 5 rings (SSSR count). The number of piperazine rings is 1. The van der Waals surface area contributed by atoms with Crippen LogP contribution in [0.1, 0.15) is 30.6 Å². The number of hydrogen-bond donors (Lipinski definition) is 5. The molecule has 4 heterocycles. The van der Waals surface area contributed by atoms with E-state index in [1.54, 1.807) is 11.8 Å². The van der Waals surface area contributed by atoms with Crippen molar-refractivity contribution in [2.75, 3.05) is 46.3 Å². The molecule has 3 fully saturated rings. The number of quaternary nitrogens is 1. The Morgan fingerprint density at radius 3 is 2.46 bits per heavy atom. The molecule has 0 radical (unpaired) electrons. The number of nitrogens with zero attached hydrogens (tertiary/aromatic N) is 3. The molecule has 4 aliphatic rings. The second-order valence-electron chi connectivity index (χ2n) is 11.9. The van der Waals surface area contributed by atoms with Gasteiger partial charge in [0.1, 0.15) is 12.2 Å². The number of aromatic hydroxyl groups is 2. The summed E-state index contributed by atoms with van der Waals surface area (Å²) in [5.74, 6) is -3.14. The second kappa shape index (κ2) is 10.9. The summed E-state index contributed by atoms with van der Waals surface area (Å²) < 4.78 is 0.453. The van der Waals surface area contributed by atoms with E-state index in [4.69, 9.17) is 0 Å². The molecule has 1 aromatic carbocycles. The number of β-lactam (4-membered cyclic amide) rings is 1. The molecule has 0 spiro atoms. The van der Waals surface area contributed by atoms with Crippen LogP contribution in [0.4, 0.5) is 0 Å². The third-order valence-electron chi connectivity index (χ3n) is 8.95. The van der Waals surface area contributed by atoms with Crippen LogP contribution in [0.25, 0.3) is 0 Å². The number of aliphatic carboxylic acids is 1. The summed E-state index contributed by atoms with van der Waals surface area (Å²) in [6, 6.07) is 3.27. The maximum absolute atomic E-state index is 13.4. The molecule has 12 nitrogen and oxygen atoms in total. The third kappa shape index (κ3) is 5.31. The number of carbonyl (C=O) groups excluding carboxylic acids is 3. The largest absolute Gasteiger partial charge is 0.504 e. The number of likely N-dealkylation sites (N-methyl/N-ethyl adjacent to an activating group) is 1. The Hall–Kier alpha value is -3.13. The number of carboxylic acids is 1. The minimum atomic E-state index is -1.16. The molecule has 5 N–H and O–H groups in total. The number of aliphatic hydroxyl groups is 1. The molecule has 222 valence electrons. The van der Waals surface area contributed by atoms with Crippen molar-refractivity contribution in [3.05, 3.63) is 34.4 Å². The standard InChI is InChI=1S/C28H36N4O8S/c1-14-23-22(15(2)33)27(38)31(23)24(28(39)40)25(14)41-17-11-18(29-12-17)26(37)30-6-8-32(3,9-7-30)13-21(36)16-4-5-19(34)20(35)10-16/h4-5,10,14-15,17-18,22-23,29,33H,6-9,11-13H2,1-3H3,(H2-,34,35,36,39,40)/p+1/t14-,15?,17+,18+,22-,23-/m1/s1. The van der Waals surface area contributed by atoms with Gasteiger partial charge in [0.15, 0.2) is 11.5 Å². The van der Waals surface area contributed by atoms with E-state index in [1.165, 1.54) is 34.9 Å². The maximum atomic E-state index is 13.4. The van der Waals surface area contributed by atoms with Crippen LogP contribution in [0.5, 0.6) is 11.5 Å². The van der Waals surface area contributed by atoms with Crippen LogP contribution >= 0.6 is 11.8 Å². The number of carboxylic acid groups (broad SMARTS) is 1. The molecule has 1 aromatic rings. The highest BCUT2D eigenvalue weighted by atomic mass is 32.2. The van der Waals surface area contributed by atoms with E-state index < -0.39 is 24.0 Å². The smallest absolute Gasteiger partial charge is 0.353 e. The van der Waals surface area contributed by atoms with Crippen molar-refractivity contribution in [1.82, 2.24) is 15.1 Å². The van der Waals surface area contributed by atoms with E-state index in [1.807, 2.05) is 14.0 Å². The van der Waals surface area contributed by atoms with Crippen LogP contribution in [-0.2, 0) is 14.4 Å². The summed E-state index contributed by atoms with van der Waals surface area (Å²) in [6.07, 6.45) is -0.332. The highest BCUT2D eigenvalue weighted by molar-refractivity contribution is 8.03. The van der Waals surface area contributed by atoms with Crippen LogP contribution < -0.4 is 5.32 Å². The Morgan fingerprint density at radius 2 is 1.85 bits per heavy atom. The lowest BCUT2D eigenvalue weighted by Gasteiger charge is -2.46. The molecule has 1 unspecified atom stereocenters. The van der Waals surface area contributed by atoms with Gasteiger partial charge in [0.05, 0.1) is 57.3 Å². The number of amides is 2. The number of carbonyl (C=O) groups is 4. The number of rotatable bonds is 8. The van der Waals surface area contributed by atoms with Crippen LogP contribution in [0.2, 0.25) is 0 Å². The zero-order valence-electron chi connectivity index (χ0n) is 23.3. The van der Waals surface area contributed by atoms with Crippen molar-refractivity contribution < 1.29 is 44.1 Å². The molecule has 6 atom stereocenters. The van der Waals surface area contributed by atoms with E-state index in [2.05, 4.69) is 5.32 Å². The zero-order valence-corrected chi connectivity index (χ0v) is 24.1. The molecule has 13 heteroatoms. The Morgan fingerprint density at radius 1 is 1.17 bits per heavy atom. The normalized spacial score (nSPS) is 29.8. The van der Waals surface area contributed by atoms with Gasteiger partial charge in [-0.25, -0.2) is 4.79 Å². The summed E-state index contributed by atoms with van der Waals surface area (Å²) in [6.45, 7) is 6.34. The van der Waals surface area contributed by atoms with Crippen LogP contribution in [-0.4, -0.2) is 128 Å². The van der Waals surface area contributed by atoms with E-state index in [-0.39, 0.29) is 58.5 Å². The van der Waals surface area contributed by atoms with E-state index in [0.717, 1.165) is 0 Å². The SMILES string of the molecule is CC(O)[C@H]1C(=O)N2C(C(=O)O)=C(S[C@@H]3CN[C@H](C(=O)N4CC[N+](C)(CC(=O)c5ccc(O)c(O)c5)CC4)C3)[C@H](C)[C@H]12. The highest BCUT2D eigenvalue weighted by Gasteiger charge is 2.60. The van der Waals surface area contributed by atoms with Crippen molar-refractivity contribution in [3.8, 4) is 11.5 Å². The van der Waals surface area contributed by atoms with Crippen molar-refractivity contribution >= 4 is 35.3 Å². The topological polar surface area (TPSA) is 168 Å². The van der Waals surface area contributed by atoms with Crippen LogP contribution in [0.3, 0.4) is 0 Å². The molecule has 41 heavy (non-hydrogen) atoms. The molecular formula is C28H37N4O8S+. The predicted molar refractivity (Wildman–Crippen MR) is 149 cm³/mol. The fraction of sp³-hybridized carbons (Fsp3) is 0.571. The lowest BCUT2D eigenvalue weighted by atomic mass is 9.79. The monoisotopic (exact) mass is 589 g/mol. The molecule has 2 amide bonds. The number of benzene rings is 1. The first kappa shape index (κ1) is 29.4. The van der Waals surface area contributed by atoms with Crippen LogP contribution in [0.15, 0.2) is 28.8 Å². The molecule has 0 bridgehead atoms. The fourth-order valence-electron chi connectivity index (χ4n) is 6.52. The lowest BCUT2D eigenvalue weighted by Crippen LogP contribution is -2.63. The van der Waals surface area contributed by atoms with Gasteiger partial charge in [0.25, 0.3) is 0 Å². The Bertz CT molecular complexity index is 1310. The molecule has 0 aromatic heterocycles. The Balaban J connectivity index is 1.16. The predicted octanol–water partition coefficient (Wildman–Crippen LogP) is 0.187. The minimum Gasteiger partial charge on any atom is -0.504 e. The Kier molecular flexibility index (Phi) is 7.83. The van der Waals surface area contributed by atoms with Crippen molar-refractivity contribution in [3.63, 3.8) is 0 Å². The average Bonchev–Trinajstić information content (AvgIpc) is 3.47. The molecular weight excluding hydrogens is 552 g/mol. The number of ketones is 1. The second-order valence-corrected chi connectivity index (χ2v) is 13.2. The van der Waals surface area contributed by atoms with Crippen molar-refractivity contribution in [1.29, 1.82) is 0 Å². The molecule has 0 saturated carbocycles. The molecule has 3 saturated heterocycles. The first-order valence-corrected chi connectivity index (χ1v) is 14.8. The van der Waals surface area contributed by atoms with Crippen molar-refractivity contribution in [2.45, 2.75) is 43.7 Å². The lowest BCUT2D eigenvalue weighted by molar-refractivity contribution is -0.905. The van der Waals surface area contributed by atoms with Gasteiger partial charge >= 0.3 is 5.97 Å². The van der Waals surface area contributed by atoms with E-state index in [9.17, 15) is 39.6 Å². The summed E-state index contributed by atoms with van der Waals surface area (Å²) in [4.78, 5) is 54.6. The Labute approximate surface area is 242 Å². The fourth-order valence-corrected chi connectivity index (χ4v) is 8.00. The van der Waals surface area contributed by atoms with Gasteiger partial charge in [0.2, 0.25) is 17.6 Å². The molecule has 4 aliphatic heterocycles. The zero-order chi connectivity index (χ0) is 29.8. The number of aliphatic hydroxyl groups excluding tert-OH is 1. The van der Waals surface area contributed by atoms with E-state index >= 15 is 0 Å². The maximum Gasteiger partial charge on any atom is 0.353 e. The van der Waals surface area contributed by atoms with Gasteiger partial charge in [0, 0.05) is 28.2 Å². The number of nitrogens with one attached hydrogen (secondary N) is 1. The van der Waals surface area contributed by atoms with Gasteiger partial charge in [-0.15, -0.1) is 11.8 Å². The van der Waals surface area contributed by atoms with Crippen molar-refractivity contribution in [2.24, 2.45) is 11.8 Å².